The Bertz CT molecular complexity index is 1100. The van der Waals surface area contributed by atoms with Crippen LogP contribution in [0.15, 0.2) is 77.5 Å². The number of nitrogens with zero attached hydrogens (tertiary/aromatic N) is 3. The molecule has 0 bridgehead atoms. The van der Waals surface area contributed by atoms with Crippen molar-refractivity contribution in [3.05, 3.63) is 77.5 Å². The first-order chi connectivity index (χ1) is 13.2. The molecule has 0 saturated heterocycles. The van der Waals surface area contributed by atoms with Gasteiger partial charge in [0.1, 0.15) is 5.75 Å². The number of aromatic nitrogens is 3. The first-order valence-corrected chi connectivity index (χ1v) is 9.06. The number of carbonyl (C=O) groups is 1. The van der Waals surface area contributed by atoms with Gasteiger partial charge in [-0.1, -0.05) is 45.4 Å². The van der Waals surface area contributed by atoms with E-state index in [-0.39, 0.29) is 12.5 Å². The highest BCUT2D eigenvalue weighted by atomic mass is 79.9. The normalized spacial score (nSPS) is 10.7. The van der Waals surface area contributed by atoms with Crippen molar-refractivity contribution in [3.63, 3.8) is 0 Å². The van der Waals surface area contributed by atoms with Crippen molar-refractivity contribution in [2.45, 2.75) is 0 Å². The van der Waals surface area contributed by atoms with E-state index in [1.807, 2.05) is 60.7 Å². The van der Waals surface area contributed by atoms with Crippen LogP contribution < -0.4 is 10.1 Å². The molecule has 1 aromatic heterocycles. The summed E-state index contributed by atoms with van der Waals surface area (Å²) < 4.78 is 8.27. The first-order valence-electron chi connectivity index (χ1n) is 8.27. The van der Waals surface area contributed by atoms with Crippen molar-refractivity contribution in [1.82, 2.24) is 15.0 Å². The molecule has 0 aliphatic carbocycles. The predicted octanol–water partition coefficient (Wildman–Crippen LogP) is 4.20. The number of nitrogens with one attached hydrogen (secondary N) is 1. The zero-order valence-corrected chi connectivity index (χ0v) is 15.8. The van der Waals surface area contributed by atoms with Gasteiger partial charge in [-0.25, -0.2) is 4.68 Å². The molecule has 0 aliphatic rings. The Kier molecular flexibility index (Phi) is 4.84. The van der Waals surface area contributed by atoms with Gasteiger partial charge in [-0.2, -0.15) is 0 Å². The number of carbonyl (C=O) groups excluding carboxylic acids is 1. The molecule has 0 fully saturated rings. The van der Waals surface area contributed by atoms with Crippen LogP contribution in [0.3, 0.4) is 0 Å². The fraction of sp³-hybridized carbons (Fsp3) is 0.0500. The topological polar surface area (TPSA) is 69.0 Å². The van der Waals surface area contributed by atoms with E-state index < -0.39 is 0 Å². The molecule has 0 aliphatic heterocycles. The number of para-hydroxylation sites is 2. The lowest BCUT2D eigenvalue weighted by atomic mass is 10.1. The second kappa shape index (κ2) is 7.59. The summed E-state index contributed by atoms with van der Waals surface area (Å²) in [6.45, 7) is -0.0896. The molecule has 4 aromatic rings. The Morgan fingerprint density at radius 2 is 1.89 bits per heavy atom. The number of amides is 1. The number of halogens is 1. The maximum atomic E-state index is 12.3. The van der Waals surface area contributed by atoms with Crippen LogP contribution in [0.4, 0.5) is 5.69 Å². The van der Waals surface area contributed by atoms with E-state index in [9.17, 15) is 4.79 Å². The standard InChI is InChI=1S/C20H15BrN4O2/c21-16-7-5-15-12-17(8-6-14(15)11-16)27-13-20(26)23-18-3-1-2-4-19(18)25-10-9-22-24-25/h1-12H,13H2,(H,23,26). The zero-order chi connectivity index (χ0) is 18.6. The number of hydrogen-bond donors (Lipinski definition) is 1. The average molecular weight is 423 g/mol. The lowest BCUT2D eigenvalue weighted by Gasteiger charge is -2.11. The van der Waals surface area contributed by atoms with Gasteiger partial charge >= 0.3 is 0 Å². The molecule has 0 saturated carbocycles. The number of ether oxygens (including phenoxy) is 1. The van der Waals surface area contributed by atoms with Crippen LogP contribution in [0.2, 0.25) is 0 Å². The van der Waals surface area contributed by atoms with E-state index in [4.69, 9.17) is 4.74 Å². The highest BCUT2D eigenvalue weighted by molar-refractivity contribution is 9.10. The lowest BCUT2D eigenvalue weighted by molar-refractivity contribution is -0.118. The smallest absolute Gasteiger partial charge is 0.262 e. The lowest BCUT2D eigenvalue weighted by Crippen LogP contribution is -2.21. The van der Waals surface area contributed by atoms with Crippen molar-refractivity contribution < 1.29 is 9.53 Å². The summed E-state index contributed by atoms with van der Waals surface area (Å²) in [5.74, 6) is 0.392. The van der Waals surface area contributed by atoms with Gasteiger partial charge in [0.15, 0.2) is 6.61 Å². The Morgan fingerprint density at radius 3 is 2.74 bits per heavy atom. The van der Waals surface area contributed by atoms with E-state index in [1.54, 1.807) is 17.1 Å². The third-order valence-corrected chi connectivity index (χ3v) is 4.48. The van der Waals surface area contributed by atoms with Crippen LogP contribution in [0.25, 0.3) is 16.5 Å². The molecule has 27 heavy (non-hydrogen) atoms. The Morgan fingerprint density at radius 1 is 1.07 bits per heavy atom. The highest BCUT2D eigenvalue weighted by Gasteiger charge is 2.09. The molecule has 4 rings (SSSR count). The summed E-state index contributed by atoms with van der Waals surface area (Å²) in [7, 11) is 0. The van der Waals surface area contributed by atoms with E-state index in [0.29, 0.717) is 11.4 Å². The number of anilines is 1. The molecule has 1 N–H and O–H groups in total. The summed E-state index contributed by atoms with van der Waals surface area (Å²) in [6.07, 6.45) is 3.30. The summed E-state index contributed by atoms with van der Waals surface area (Å²) >= 11 is 3.46. The molecule has 6 nitrogen and oxygen atoms in total. The largest absolute Gasteiger partial charge is 0.484 e. The van der Waals surface area contributed by atoms with Gasteiger partial charge in [-0.05, 0) is 47.2 Å². The van der Waals surface area contributed by atoms with Gasteiger partial charge in [-0.3, -0.25) is 4.79 Å². The third kappa shape index (κ3) is 3.98. The molecule has 0 atom stereocenters. The van der Waals surface area contributed by atoms with Crippen molar-refractivity contribution in [2.75, 3.05) is 11.9 Å². The Labute approximate surface area is 163 Å². The number of fused-ring (bicyclic) bond motifs is 1. The molecular weight excluding hydrogens is 408 g/mol. The number of hydrogen-bond acceptors (Lipinski definition) is 4. The fourth-order valence-corrected chi connectivity index (χ4v) is 3.11. The van der Waals surface area contributed by atoms with E-state index in [0.717, 1.165) is 20.9 Å². The van der Waals surface area contributed by atoms with Gasteiger partial charge in [-0.15, -0.1) is 5.10 Å². The molecular formula is C20H15BrN4O2. The van der Waals surface area contributed by atoms with E-state index in [2.05, 4.69) is 31.6 Å². The molecule has 3 aromatic carbocycles. The van der Waals surface area contributed by atoms with Crippen molar-refractivity contribution in [3.8, 4) is 11.4 Å². The van der Waals surface area contributed by atoms with E-state index in [1.165, 1.54) is 0 Å². The number of benzene rings is 3. The van der Waals surface area contributed by atoms with E-state index >= 15 is 0 Å². The summed E-state index contributed by atoms with van der Waals surface area (Å²) in [6, 6.07) is 19.1. The van der Waals surface area contributed by atoms with Crippen LogP contribution in [0.1, 0.15) is 0 Å². The van der Waals surface area contributed by atoms with Crippen molar-refractivity contribution in [2.24, 2.45) is 0 Å². The second-order valence-corrected chi connectivity index (χ2v) is 6.77. The maximum Gasteiger partial charge on any atom is 0.262 e. The van der Waals surface area contributed by atoms with Crippen molar-refractivity contribution >= 4 is 38.3 Å². The summed E-state index contributed by atoms with van der Waals surface area (Å²) in [5, 5.41) is 12.8. The van der Waals surface area contributed by atoms with Crippen LogP contribution in [-0.4, -0.2) is 27.5 Å². The summed E-state index contributed by atoms with van der Waals surface area (Å²) in [5.41, 5.74) is 1.37. The molecule has 0 radical (unpaired) electrons. The molecule has 0 spiro atoms. The van der Waals surface area contributed by atoms with Crippen LogP contribution >= 0.6 is 15.9 Å². The van der Waals surface area contributed by atoms with Crippen LogP contribution in [-0.2, 0) is 4.79 Å². The second-order valence-electron chi connectivity index (χ2n) is 5.85. The molecule has 1 heterocycles. The monoisotopic (exact) mass is 422 g/mol. The highest BCUT2D eigenvalue weighted by Crippen LogP contribution is 2.24. The zero-order valence-electron chi connectivity index (χ0n) is 14.2. The number of rotatable bonds is 5. The minimum Gasteiger partial charge on any atom is -0.484 e. The summed E-state index contributed by atoms with van der Waals surface area (Å²) in [4.78, 5) is 12.3. The Hall–Kier alpha value is -3.19. The fourth-order valence-electron chi connectivity index (χ4n) is 2.74. The first kappa shape index (κ1) is 17.2. The van der Waals surface area contributed by atoms with Gasteiger partial charge in [0.2, 0.25) is 0 Å². The minimum atomic E-state index is -0.251. The minimum absolute atomic E-state index is 0.0896. The SMILES string of the molecule is O=C(COc1ccc2cc(Br)ccc2c1)Nc1ccccc1-n1ccnn1. The Balaban J connectivity index is 1.44. The van der Waals surface area contributed by atoms with Crippen LogP contribution in [0, 0.1) is 0 Å². The average Bonchev–Trinajstić information content (AvgIpc) is 3.21. The molecule has 134 valence electrons. The molecule has 1 amide bonds. The predicted molar refractivity (Wildman–Crippen MR) is 107 cm³/mol. The third-order valence-electron chi connectivity index (χ3n) is 3.99. The molecule has 7 heteroatoms. The van der Waals surface area contributed by atoms with Gasteiger partial charge < -0.3 is 10.1 Å². The quantitative estimate of drug-likeness (QED) is 0.523. The maximum absolute atomic E-state index is 12.3. The van der Waals surface area contributed by atoms with Crippen LogP contribution in [0.5, 0.6) is 5.75 Å². The van der Waals surface area contributed by atoms with Gasteiger partial charge in [0, 0.05) is 4.47 Å². The van der Waals surface area contributed by atoms with Crippen molar-refractivity contribution in [1.29, 1.82) is 0 Å². The molecule has 0 unspecified atom stereocenters. The van der Waals surface area contributed by atoms with Gasteiger partial charge in [0.25, 0.3) is 5.91 Å². The van der Waals surface area contributed by atoms with Gasteiger partial charge in [0.05, 0.1) is 23.8 Å².